The number of phenols is 2. The molecule has 1 aliphatic heterocycles. The van der Waals surface area contributed by atoms with Crippen molar-refractivity contribution in [2.45, 2.75) is 38.6 Å². The number of hydrogen-bond donors (Lipinski definition) is 2. The molecule has 5 heteroatoms. The predicted octanol–water partition coefficient (Wildman–Crippen LogP) is 2.36. The first-order chi connectivity index (χ1) is 10.2. The first kappa shape index (κ1) is 15.6. The van der Waals surface area contributed by atoms with Gasteiger partial charge in [0.1, 0.15) is 11.5 Å². The van der Waals surface area contributed by atoms with E-state index in [2.05, 4.69) is 6.92 Å². The van der Waals surface area contributed by atoms with Crippen molar-refractivity contribution in [3.05, 3.63) is 23.3 Å². The number of benzene rings is 1. The molecule has 0 bridgehead atoms. The number of phenolic OH excluding ortho intramolecular Hbond substituents is 2. The van der Waals surface area contributed by atoms with E-state index in [1.807, 2.05) is 0 Å². The first-order valence-corrected chi connectivity index (χ1v) is 7.51. The van der Waals surface area contributed by atoms with Gasteiger partial charge < -0.3 is 19.8 Å². The van der Waals surface area contributed by atoms with E-state index in [9.17, 15) is 15.0 Å². The molecule has 0 saturated carbocycles. The fourth-order valence-electron chi connectivity index (χ4n) is 2.74. The van der Waals surface area contributed by atoms with Gasteiger partial charge in [-0.25, -0.2) is 0 Å². The van der Waals surface area contributed by atoms with Crippen LogP contribution < -0.4 is 0 Å². The third-order valence-electron chi connectivity index (χ3n) is 3.90. The molecule has 0 aliphatic carbocycles. The quantitative estimate of drug-likeness (QED) is 0.624. The van der Waals surface area contributed by atoms with Crippen LogP contribution in [-0.4, -0.2) is 41.3 Å². The lowest BCUT2D eigenvalue weighted by atomic mass is 9.98. The minimum absolute atomic E-state index is 0.0313. The fourth-order valence-corrected chi connectivity index (χ4v) is 2.74. The Balaban J connectivity index is 2.21. The van der Waals surface area contributed by atoms with E-state index in [1.54, 1.807) is 17.0 Å². The van der Waals surface area contributed by atoms with E-state index < -0.39 is 6.04 Å². The Morgan fingerprint density at radius 2 is 2.05 bits per heavy atom. The smallest absolute Gasteiger partial charge is 0.210 e. The van der Waals surface area contributed by atoms with Crippen molar-refractivity contribution in [2.75, 3.05) is 19.8 Å². The van der Waals surface area contributed by atoms with E-state index in [0.717, 1.165) is 37.7 Å². The molecule has 116 valence electrons. The van der Waals surface area contributed by atoms with Gasteiger partial charge in [0.2, 0.25) is 6.41 Å². The minimum Gasteiger partial charge on any atom is -0.507 e. The standard InChI is InChI=1S/C16H23NO4/c1-2-3-4-5-12-8-14(19)16(15(20)9-12)13-10-21-7-6-17(13)11-18/h8-9,11,13,19-20H,2-7,10H2,1H3. The molecule has 0 aromatic heterocycles. The summed E-state index contributed by atoms with van der Waals surface area (Å²) >= 11 is 0. The summed E-state index contributed by atoms with van der Waals surface area (Å²) in [4.78, 5) is 12.7. The summed E-state index contributed by atoms with van der Waals surface area (Å²) in [6.45, 7) is 3.36. The Morgan fingerprint density at radius 1 is 1.33 bits per heavy atom. The highest BCUT2D eigenvalue weighted by atomic mass is 16.5. The van der Waals surface area contributed by atoms with Gasteiger partial charge in [-0.2, -0.15) is 0 Å². The van der Waals surface area contributed by atoms with Gasteiger partial charge in [0, 0.05) is 6.54 Å². The number of aryl methyl sites for hydroxylation is 1. The SMILES string of the molecule is CCCCCc1cc(O)c(C2COCCN2C=O)c(O)c1. The molecule has 1 aromatic rings. The van der Waals surface area contributed by atoms with Crippen molar-refractivity contribution in [3.8, 4) is 11.5 Å². The second-order valence-electron chi connectivity index (χ2n) is 5.44. The number of hydrogen-bond acceptors (Lipinski definition) is 4. The molecule has 1 aliphatic rings. The number of carbonyl (C=O) groups is 1. The molecule has 2 N–H and O–H groups in total. The van der Waals surface area contributed by atoms with Gasteiger partial charge in [-0.3, -0.25) is 4.79 Å². The van der Waals surface area contributed by atoms with E-state index in [4.69, 9.17) is 4.74 Å². The highest BCUT2D eigenvalue weighted by Crippen LogP contribution is 2.38. The second kappa shape index (κ2) is 7.31. The molecule has 21 heavy (non-hydrogen) atoms. The average molecular weight is 293 g/mol. The van der Waals surface area contributed by atoms with E-state index >= 15 is 0 Å². The highest BCUT2D eigenvalue weighted by molar-refractivity contribution is 5.54. The van der Waals surface area contributed by atoms with Crippen LogP contribution in [0.1, 0.15) is 43.4 Å². The molecule has 1 saturated heterocycles. The molecule has 1 heterocycles. The lowest BCUT2D eigenvalue weighted by molar-refractivity contribution is -0.126. The Morgan fingerprint density at radius 3 is 2.67 bits per heavy atom. The van der Waals surface area contributed by atoms with E-state index in [-0.39, 0.29) is 18.1 Å². The molecule has 1 atom stereocenters. The number of amides is 1. The highest BCUT2D eigenvalue weighted by Gasteiger charge is 2.28. The average Bonchev–Trinajstić information content (AvgIpc) is 2.47. The van der Waals surface area contributed by atoms with E-state index in [0.29, 0.717) is 18.7 Å². The monoisotopic (exact) mass is 293 g/mol. The maximum absolute atomic E-state index is 11.1. The van der Waals surface area contributed by atoms with Crippen LogP contribution >= 0.6 is 0 Å². The molecule has 1 unspecified atom stereocenters. The van der Waals surface area contributed by atoms with Crippen LogP contribution in [0, 0.1) is 0 Å². The molecule has 1 aromatic carbocycles. The number of unbranched alkanes of at least 4 members (excludes halogenated alkanes) is 2. The van der Waals surface area contributed by atoms with Crippen molar-refractivity contribution in [3.63, 3.8) is 0 Å². The summed E-state index contributed by atoms with van der Waals surface area (Å²) in [5.41, 5.74) is 1.29. The molecular weight excluding hydrogens is 270 g/mol. The fraction of sp³-hybridized carbons (Fsp3) is 0.562. The Bertz CT molecular complexity index is 466. The Hall–Kier alpha value is -1.75. The summed E-state index contributed by atoms with van der Waals surface area (Å²) in [7, 11) is 0. The van der Waals surface area contributed by atoms with Crippen LogP contribution in [0.2, 0.25) is 0 Å². The normalized spacial score (nSPS) is 18.7. The number of aromatic hydroxyl groups is 2. The van der Waals surface area contributed by atoms with Crippen molar-refractivity contribution < 1.29 is 19.7 Å². The Labute approximate surface area is 125 Å². The molecule has 1 amide bonds. The number of rotatable bonds is 6. The minimum atomic E-state index is -0.430. The molecule has 0 spiro atoms. The third-order valence-corrected chi connectivity index (χ3v) is 3.90. The van der Waals surface area contributed by atoms with Crippen LogP contribution in [0.4, 0.5) is 0 Å². The molecular formula is C16H23NO4. The molecule has 5 nitrogen and oxygen atoms in total. The van der Waals surface area contributed by atoms with E-state index in [1.165, 1.54) is 0 Å². The van der Waals surface area contributed by atoms with Gasteiger partial charge in [0.25, 0.3) is 0 Å². The van der Waals surface area contributed by atoms with Gasteiger partial charge >= 0.3 is 0 Å². The number of ether oxygens (including phenoxy) is 1. The van der Waals surface area contributed by atoms with Crippen LogP contribution in [0.15, 0.2) is 12.1 Å². The maximum Gasteiger partial charge on any atom is 0.210 e. The van der Waals surface area contributed by atoms with Gasteiger partial charge in [-0.1, -0.05) is 19.8 Å². The zero-order valence-corrected chi connectivity index (χ0v) is 12.4. The van der Waals surface area contributed by atoms with Gasteiger partial charge in [-0.05, 0) is 30.5 Å². The van der Waals surface area contributed by atoms with Crippen LogP contribution in [0.5, 0.6) is 11.5 Å². The Kier molecular flexibility index (Phi) is 5.44. The number of nitrogens with zero attached hydrogens (tertiary/aromatic N) is 1. The molecule has 2 rings (SSSR count). The topological polar surface area (TPSA) is 70.0 Å². The van der Waals surface area contributed by atoms with Gasteiger partial charge in [0.05, 0.1) is 24.8 Å². The largest absolute Gasteiger partial charge is 0.507 e. The zero-order valence-electron chi connectivity index (χ0n) is 12.4. The molecule has 0 radical (unpaired) electrons. The summed E-state index contributed by atoms with van der Waals surface area (Å²) in [5, 5.41) is 20.5. The van der Waals surface area contributed by atoms with Crippen LogP contribution in [0.25, 0.3) is 0 Å². The van der Waals surface area contributed by atoms with Crippen LogP contribution in [0.3, 0.4) is 0 Å². The molecule has 1 fully saturated rings. The lowest BCUT2D eigenvalue weighted by Gasteiger charge is -2.33. The summed E-state index contributed by atoms with van der Waals surface area (Å²) in [5.74, 6) is 0.0627. The summed E-state index contributed by atoms with van der Waals surface area (Å²) < 4.78 is 5.37. The lowest BCUT2D eigenvalue weighted by Crippen LogP contribution is -2.38. The van der Waals surface area contributed by atoms with Crippen molar-refractivity contribution in [1.82, 2.24) is 4.90 Å². The maximum atomic E-state index is 11.1. The number of carbonyl (C=O) groups excluding carboxylic acids is 1. The third kappa shape index (κ3) is 3.67. The van der Waals surface area contributed by atoms with Crippen molar-refractivity contribution >= 4 is 6.41 Å². The van der Waals surface area contributed by atoms with Gasteiger partial charge in [-0.15, -0.1) is 0 Å². The van der Waals surface area contributed by atoms with Crippen LogP contribution in [-0.2, 0) is 16.0 Å². The zero-order chi connectivity index (χ0) is 15.2. The summed E-state index contributed by atoms with van der Waals surface area (Å²) in [6.07, 6.45) is 4.85. The second-order valence-corrected chi connectivity index (χ2v) is 5.44. The number of morpholine rings is 1. The van der Waals surface area contributed by atoms with Crippen molar-refractivity contribution in [1.29, 1.82) is 0 Å². The summed E-state index contributed by atoms with van der Waals surface area (Å²) in [6, 6.07) is 2.94. The first-order valence-electron chi connectivity index (χ1n) is 7.51. The van der Waals surface area contributed by atoms with Crippen molar-refractivity contribution in [2.24, 2.45) is 0 Å². The predicted molar refractivity (Wildman–Crippen MR) is 79.3 cm³/mol. The van der Waals surface area contributed by atoms with Gasteiger partial charge in [0.15, 0.2) is 0 Å².